The van der Waals surface area contributed by atoms with E-state index in [2.05, 4.69) is 19.2 Å². The van der Waals surface area contributed by atoms with Gasteiger partial charge in [0.15, 0.2) is 0 Å². The summed E-state index contributed by atoms with van der Waals surface area (Å²) in [5.41, 5.74) is 5.42. The van der Waals surface area contributed by atoms with E-state index in [0.29, 0.717) is 18.0 Å². The van der Waals surface area contributed by atoms with Crippen LogP contribution in [0.4, 0.5) is 0 Å². The highest BCUT2D eigenvalue weighted by molar-refractivity contribution is 5.80. The summed E-state index contributed by atoms with van der Waals surface area (Å²) in [5, 5.41) is 3.52. The fraction of sp³-hybridized carbons (Fsp3) is 0.929. The summed E-state index contributed by atoms with van der Waals surface area (Å²) in [5.74, 6) is -0.223. The summed E-state index contributed by atoms with van der Waals surface area (Å²) < 4.78 is 0. The first kappa shape index (κ1) is 14.5. The minimum absolute atomic E-state index is 0.223. The van der Waals surface area contributed by atoms with Gasteiger partial charge in [0.2, 0.25) is 5.91 Å². The molecule has 1 rings (SSSR count). The number of carbonyl (C=O) groups excluding carboxylic acids is 1. The van der Waals surface area contributed by atoms with Gasteiger partial charge < -0.3 is 11.1 Å². The molecule has 1 unspecified atom stereocenters. The quantitative estimate of drug-likeness (QED) is 0.742. The van der Waals surface area contributed by atoms with Crippen molar-refractivity contribution in [3.05, 3.63) is 0 Å². The molecule has 1 amide bonds. The van der Waals surface area contributed by atoms with Crippen LogP contribution in [0.5, 0.6) is 0 Å². The highest BCUT2D eigenvalue weighted by Gasteiger charge is 2.28. The molecule has 1 fully saturated rings. The van der Waals surface area contributed by atoms with Gasteiger partial charge in [-0.3, -0.25) is 4.79 Å². The molecule has 3 heteroatoms. The summed E-state index contributed by atoms with van der Waals surface area (Å²) >= 11 is 0. The number of nitrogens with one attached hydrogen (secondary N) is 1. The molecule has 1 aliphatic rings. The van der Waals surface area contributed by atoms with Crippen molar-refractivity contribution in [3.63, 3.8) is 0 Å². The molecule has 0 spiro atoms. The predicted octanol–water partition coefficient (Wildman–Crippen LogP) is 2.45. The van der Waals surface area contributed by atoms with E-state index in [4.69, 9.17) is 5.73 Å². The molecule has 1 saturated carbocycles. The molecule has 3 N–H and O–H groups in total. The van der Waals surface area contributed by atoms with E-state index < -0.39 is 5.41 Å². The summed E-state index contributed by atoms with van der Waals surface area (Å²) in [4.78, 5) is 11.2. The fourth-order valence-corrected chi connectivity index (χ4v) is 2.35. The van der Waals surface area contributed by atoms with Crippen LogP contribution in [0.1, 0.15) is 59.8 Å². The second-order valence-electron chi connectivity index (χ2n) is 6.92. The molecular formula is C14H28N2O. The maximum atomic E-state index is 11.2. The maximum absolute atomic E-state index is 11.2. The van der Waals surface area contributed by atoms with Gasteiger partial charge in [0.1, 0.15) is 0 Å². The lowest BCUT2D eigenvalue weighted by Gasteiger charge is -2.26. The molecule has 0 aliphatic heterocycles. The van der Waals surface area contributed by atoms with Gasteiger partial charge in [0, 0.05) is 12.6 Å². The Labute approximate surface area is 106 Å². The molecule has 1 aliphatic carbocycles. The Balaban J connectivity index is 2.40. The maximum Gasteiger partial charge on any atom is 0.224 e. The van der Waals surface area contributed by atoms with Gasteiger partial charge >= 0.3 is 0 Å². The molecule has 3 nitrogen and oxygen atoms in total. The van der Waals surface area contributed by atoms with E-state index in [0.717, 1.165) is 0 Å². The topological polar surface area (TPSA) is 55.1 Å². The van der Waals surface area contributed by atoms with Crippen LogP contribution in [0, 0.1) is 10.8 Å². The lowest BCUT2D eigenvalue weighted by molar-refractivity contribution is -0.125. The predicted molar refractivity (Wildman–Crippen MR) is 71.6 cm³/mol. The molecule has 0 aromatic heterocycles. The smallest absolute Gasteiger partial charge is 0.224 e. The number of hydrogen-bond acceptors (Lipinski definition) is 2. The summed E-state index contributed by atoms with van der Waals surface area (Å²) in [6, 6.07) is 0.551. The molecule has 0 saturated heterocycles. The number of nitrogens with two attached hydrogens (primary N) is 1. The minimum atomic E-state index is -0.443. The number of primary amides is 1. The van der Waals surface area contributed by atoms with E-state index in [1.807, 2.05) is 13.8 Å². The van der Waals surface area contributed by atoms with Gasteiger partial charge in [-0.1, -0.05) is 20.3 Å². The second-order valence-corrected chi connectivity index (χ2v) is 6.92. The highest BCUT2D eigenvalue weighted by Crippen LogP contribution is 2.33. The molecular weight excluding hydrogens is 212 g/mol. The lowest BCUT2D eigenvalue weighted by Crippen LogP contribution is -2.43. The molecule has 0 heterocycles. The zero-order chi connectivity index (χ0) is 13.1. The van der Waals surface area contributed by atoms with Crippen molar-refractivity contribution in [2.75, 3.05) is 6.54 Å². The van der Waals surface area contributed by atoms with E-state index in [1.54, 1.807) is 0 Å². The fourth-order valence-electron chi connectivity index (χ4n) is 2.35. The second kappa shape index (κ2) is 5.38. The first-order chi connectivity index (χ1) is 7.73. The van der Waals surface area contributed by atoms with Crippen molar-refractivity contribution in [1.29, 1.82) is 0 Å². The Morgan fingerprint density at radius 1 is 1.35 bits per heavy atom. The Hall–Kier alpha value is -0.570. The van der Waals surface area contributed by atoms with Crippen molar-refractivity contribution < 1.29 is 4.79 Å². The Morgan fingerprint density at radius 3 is 2.59 bits per heavy atom. The SMILES string of the molecule is CC1(C)CCCC(NCC(C)(C)C(N)=O)CC1. The van der Waals surface area contributed by atoms with Crippen LogP contribution in [-0.2, 0) is 4.79 Å². The Kier molecular flexibility index (Phi) is 4.59. The third-order valence-corrected chi connectivity index (χ3v) is 4.08. The Morgan fingerprint density at radius 2 is 2.00 bits per heavy atom. The van der Waals surface area contributed by atoms with Crippen LogP contribution in [0.15, 0.2) is 0 Å². The third kappa shape index (κ3) is 4.66. The van der Waals surface area contributed by atoms with Crippen LogP contribution < -0.4 is 11.1 Å². The number of rotatable bonds is 4. The first-order valence-corrected chi connectivity index (χ1v) is 6.76. The van der Waals surface area contributed by atoms with Crippen molar-refractivity contribution in [1.82, 2.24) is 5.32 Å². The molecule has 17 heavy (non-hydrogen) atoms. The largest absolute Gasteiger partial charge is 0.369 e. The van der Waals surface area contributed by atoms with Gasteiger partial charge in [0.25, 0.3) is 0 Å². The van der Waals surface area contributed by atoms with Gasteiger partial charge in [-0.25, -0.2) is 0 Å². The highest BCUT2D eigenvalue weighted by atomic mass is 16.1. The van der Waals surface area contributed by atoms with E-state index in [-0.39, 0.29) is 5.91 Å². The standard InChI is InChI=1S/C14H28N2O/c1-13(2)8-5-6-11(7-9-13)16-10-14(3,4)12(15)17/h11,16H,5-10H2,1-4H3,(H2,15,17). The normalized spacial score (nSPS) is 25.3. The molecule has 100 valence electrons. The van der Waals surface area contributed by atoms with E-state index >= 15 is 0 Å². The van der Waals surface area contributed by atoms with Crippen LogP contribution in [-0.4, -0.2) is 18.5 Å². The average molecular weight is 240 g/mol. The van der Waals surface area contributed by atoms with Gasteiger partial charge in [-0.15, -0.1) is 0 Å². The van der Waals surface area contributed by atoms with Crippen LogP contribution >= 0.6 is 0 Å². The molecule has 0 aromatic carbocycles. The van der Waals surface area contributed by atoms with Crippen LogP contribution in [0.25, 0.3) is 0 Å². The summed E-state index contributed by atoms with van der Waals surface area (Å²) in [7, 11) is 0. The molecule has 1 atom stereocenters. The van der Waals surface area contributed by atoms with Gasteiger partial charge in [-0.05, 0) is 44.9 Å². The monoisotopic (exact) mass is 240 g/mol. The Bertz CT molecular complexity index is 271. The number of hydrogen-bond donors (Lipinski definition) is 2. The molecule has 0 aromatic rings. The first-order valence-electron chi connectivity index (χ1n) is 6.76. The van der Waals surface area contributed by atoms with Crippen molar-refractivity contribution in [2.24, 2.45) is 16.6 Å². The van der Waals surface area contributed by atoms with Gasteiger partial charge in [-0.2, -0.15) is 0 Å². The van der Waals surface area contributed by atoms with E-state index in [9.17, 15) is 4.79 Å². The minimum Gasteiger partial charge on any atom is -0.369 e. The zero-order valence-electron chi connectivity index (χ0n) is 11.8. The van der Waals surface area contributed by atoms with E-state index in [1.165, 1.54) is 32.1 Å². The number of amides is 1. The lowest BCUT2D eigenvalue weighted by atomic mass is 9.85. The number of carbonyl (C=O) groups is 1. The van der Waals surface area contributed by atoms with Crippen molar-refractivity contribution in [3.8, 4) is 0 Å². The van der Waals surface area contributed by atoms with Crippen LogP contribution in [0.3, 0.4) is 0 Å². The van der Waals surface area contributed by atoms with Crippen molar-refractivity contribution >= 4 is 5.91 Å². The van der Waals surface area contributed by atoms with Crippen molar-refractivity contribution in [2.45, 2.75) is 65.8 Å². The average Bonchev–Trinajstić information content (AvgIpc) is 2.36. The zero-order valence-corrected chi connectivity index (χ0v) is 11.8. The van der Waals surface area contributed by atoms with Gasteiger partial charge in [0.05, 0.1) is 5.41 Å². The molecule has 0 bridgehead atoms. The van der Waals surface area contributed by atoms with Crippen LogP contribution in [0.2, 0.25) is 0 Å². The molecule has 0 radical (unpaired) electrons. The summed E-state index contributed by atoms with van der Waals surface area (Å²) in [6.45, 7) is 9.20. The summed E-state index contributed by atoms with van der Waals surface area (Å²) in [6.07, 6.45) is 6.29. The third-order valence-electron chi connectivity index (χ3n) is 4.08.